The van der Waals surface area contributed by atoms with Crippen LogP contribution in [-0.4, -0.2) is 62.8 Å². The number of amides is 2. The number of carboxylic acids is 1. The third-order valence-electron chi connectivity index (χ3n) is 3.11. The largest absolute Gasteiger partial charge is 0.480 e. The fraction of sp³-hybridized carbons (Fsp3) is 0.333. The molecule has 1 aliphatic heterocycles. The fourth-order valence-electron chi connectivity index (χ4n) is 1.99. The summed E-state index contributed by atoms with van der Waals surface area (Å²) >= 11 is 0. The predicted octanol–water partition coefficient (Wildman–Crippen LogP) is 0.290. The second-order valence-corrected chi connectivity index (χ2v) is 8.66. The normalized spacial score (nSPS) is 19.5. The summed E-state index contributed by atoms with van der Waals surface area (Å²) < 4.78 is 31.2. The molecule has 2 atom stereocenters. The lowest BCUT2D eigenvalue weighted by Gasteiger charge is -2.22. The highest BCUT2D eigenvalue weighted by Crippen LogP contribution is 2.32. The van der Waals surface area contributed by atoms with Crippen LogP contribution in [0.4, 0.5) is 0 Å². The molecule has 1 aromatic rings. The van der Waals surface area contributed by atoms with Gasteiger partial charge in [0.05, 0.1) is 6.42 Å². The van der Waals surface area contributed by atoms with Gasteiger partial charge < -0.3 is 5.11 Å². The molecule has 130 valence electrons. The third kappa shape index (κ3) is 4.26. The van der Waals surface area contributed by atoms with Crippen molar-refractivity contribution in [1.82, 2.24) is 9.88 Å². The molecule has 0 saturated carbocycles. The summed E-state index contributed by atoms with van der Waals surface area (Å²) in [5.74, 6) is -3.77. The minimum absolute atomic E-state index is 0.160. The maximum Gasteiger partial charge on any atom is 0.327 e. The first kappa shape index (κ1) is 18.7. The van der Waals surface area contributed by atoms with E-state index in [0.29, 0.717) is 9.93 Å². The summed E-state index contributed by atoms with van der Waals surface area (Å²) in [7, 11) is -2.55. The van der Waals surface area contributed by atoms with E-state index in [1.807, 2.05) is 0 Å². The zero-order chi connectivity index (χ0) is 17.9. The Balaban J connectivity index is 2.09. The molecule has 2 rings (SSSR count). The van der Waals surface area contributed by atoms with Crippen molar-refractivity contribution in [3.05, 3.63) is 24.4 Å². The van der Waals surface area contributed by atoms with E-state index in [-0.39, 0.29) is 5.75 Å². The van der Waals surface area contributed by atoms with E-state index >= 15 is 0 Å². The Bertz CT molecular complexity index is 753. The van der Waals surface area contributed by atoms with E-state index in [2.05, 4.69) is 4.98 Å². The molecule has 9 nitrogen and oxygen atoms in total. The lowest BCUT2D eigenvalue weighted by atomic mass is 10.3. The molecule has 24 heavy (non-hydrogen) atoms. The minimum atomic E-state index is -4.77. The van der Waals surface area contributed by atoms with Gasteiger partial charge in [-0.1, -0.05) is 16.9 Å². The highest BCUT2D eigenvalue weighted by Gasteiger charge is 2.50. The average Bonchev–Trinajstić information content (AvgIpc) is 2.80. The number of imide groups is 1. The molecule has 0 bridgehead atoms. The monoisotopic (exact) mass is 392 g/mol. The smallest absolute Gasteiger partial charge is 0.327 e. The van der Waals surface area contributed by atoms with E-state index in [4.69, 9.17) is 4.55 Å². The Labute approximate surface area is 145 Å². The van der Waals surface area contributed by atoms with Gasteiger partial charge in [0.15, 0.2) is 5.25 Å². The van der Waals surface area contributed by atoms with Crippen molar-refractivity contribution >= 4 is 49.5 Å². The lowest BCUT2D eigenvalue weighted by Crippen LogP contribution is -2.47. The molecule has 1 fully saturated rings. The highest BCUT2D eigenvalue weighted by molar-refractivity contribution is 8.76. The Kier molecular flexibility index (Phi) is 5.85. The molecule has 0 aliphatic carbocycles. The molecule has 1 aromatic heterocycles. The van der Waals surface area contributed by atoms with E-state index < -0.39 is 45.6 Å². The molecule has 1 aliphatic rings. The standard InChI is InChI=1S/C12H12N2O7S3/c15-10-5-8(24(19,20)21)11(16)14(10)7(12(17)18)6-22-23-9-3-1-2-4-13-9/h1-4,7-8H,5-6H2,(H,17,18)(H,19,20,21). The molecule has 0 spiro atoms. The van der Waals surface area contributed by atoms with Gasteiger partial charge in [0, 0.05) is 11.9 Å². The van der Waals surface area contributed by atoms with Crippen molar-refractivity contribution in [2.75, 3.05) is 5.75 Å². The Morgan fingerprint density at radius 3 is 2.62 bits per heavy atom. The van der Waals surface area contributed by atoms with Gasteiger partial charge in [0.2, 0.25) is 5.91 Å². The van der Waals surface area contributed by atoms with Crippen LogP contribution >= 0.6 is 21.6 Å². The van der Waals surface area contributed by atoms with E-state index in [1.54, 1.807) is 24.4 Å². The highest BCUT2D eigenvalue weighted by atomic mass is 33.1. The van der Waals surface area contributed by atoms with Gasteiger partial charge in [-0.05, 0) is 22.9 Å². The number of aromatic nitrogens is 1. The van der Waals surface area contributed by atoms with Crippen LogP contribution in [0.2, 0.25) is 0 Å². The second-order valence-electron chi connectivity index (χ2n) is 4.70. The van der Waals surface area contributed by atoms with Crippen molar-refractivity contribution < 1.29 is 32.5 Å². The maximum atomic E-state index is 12.0. The third-order valence-corrected chi connectivity index (χ3v) is 6.45. The number of nitrogens with zero attached hydrogens (tertiary/aromatic N) is 2. The number of carboxylic acid groups (broad SMARTS) is 1. The number of hydrogen-bond donors (Lipinski definition) is 2. The molecule has 2 heterocycles. The number of carbonyl (C=O) groups is 3. The molecule has 2 N–H and O–H groups in total. The van der Waals surface area contributed by atoms with Crippen LogP contribution in [0.5, 0.6) is 0 Å². The Hall–Kier alpha value is -1.63. The van der Waals surface area contributed by atoms with E-state index in [1.165, 1.54) is 0 Å². The first-order chi connectivity index (χ1) is 11.2. The van der Waals surface area contributed by atoms with Gasteiger partial charge in [-0.25, -0.2) is 9.78 Å². The molecule has 2 unspecified atom stereocenters. The van der Waals surface area contributed by atoms with Crippen molar-refractivity contribution in [3.8, 4) is 0 Å². The molecule has 12 heteroatoms. The van der Waals surface area contributed by atoms with Crippen molar-refractivity contribution in [2.24, 2.45) is 0 Å². The summed E-state index contributed by atoms with van der Waals surface area (Å²) in [4.78, 5) is 39.7. The summed E-state index contributed by atoms with van der Waals surface area (Å²) in [6.07, 6.45) is 0.793. The summed E-state index contributed by atoms with van der Waals surface area (Å²) in [5, 5.41) is 7.93. The van der Waals surface area contributed by atoms with Crippen LogP contribution in [-0.2, 0) is 24.5 Å². The van der Waals surface area contributed by atoms with Crippen molar-refractivity contribution in [3.63, 3.8) is 0 Å². The molecule has 2 amide bonds. The van der Waals surface area contributed by atoms with E-state index in [9.17, 15) is 27.9 Å². The van der Waals surface area contributed by atoms with Crippen molar-refractivity contribution in [2.45, 2.75) is 22.7 Å². The Morgan fingerprint density at radius 2 is 2.12 bits per heavy atom. The first-order valence-electron chi connectivity index (χ1n) is 6.47. The van der Waals surface area contributed by atoms with Gasteiger partial charge in [-0.3, -0.25) is 19.0 Å². The second kappa shape index (κ2) is 7.51. The fourth-order valence-corrected chi connectivity index (χ4v) is 4.81. The summed E-state index contributed by atoms with van der Waals surface area (Å²) in [6.45, 7) is 0. The van der Waals surface area contributed by atoms with Gasteiger partial charge >= 0.3 is 5.97 Å². The zero-order valence-electron chi connectivity index (χ0n) is 11.9. The first-order valence-corrected chi connectivity index (χ1v) is 10.3. The average molecular weight is 392 g/mol. The van der Waals surface area contributed by atoms with Gasteiger partial charge in [0.1, 0.15) is 11.1 Å². The number of aliphatic carboxylic acids is 1. The number of pyridine rings is 1. The minimum Gasteiger partial charge on any atom is -0.480 e. The number of hydrogen-bond acceptors (Lipinski definition) is 8. The predicted molar refractivity (Wildman–Crippen MR) is 85.8 cm³/mol. The quantitative estimate of drug-likeness (QED) is 0.377. The van der Waals surface area contributed by atoms with Crippen LogP contribution in [0.15, 0.2) is 29.4 Å². The summed E-state index contributed by atoms with van der Waals surface area (Å²) in [6, 6.07) is 3.63. The van der Waals surface area contributed by atoms with Gasteiger partial charge in [-0.15, -0.1) is 0 Å². The summed E-state index contributed by atoms with van der Waals surface area (Å²) in [5.41, 5.74) is 0. The molecular weight excluding hydrogens is 380 g/mol. The lowest BCUT2D eigenvalue weighted by molar-refractivity contribution is -0.153. The molecule has 1 saturated heterocycles. The topological polar surface area (TPSA) is 142 Å². The van der Waals surface area contributed by atoms with Gasteiger partial charge in [-0.2, -0.15) is 8.42 Å². The van der Waals surface area contributed by atoms with Crippen LogP contribution in [0.25, 0.3) is 0 Å². The van der Waals surface area contributed by atoms with Crippen LogP contribution in [0, 0.1) is 0 Å². The molecular formula is C12H12N2O7S3. The zero-order valence-corrected chi connectivity index (χ0v) is 14.4. The Morgan fingerprint density at radius 1 is 1.42 bits per heavy atom. The number of likely N-dealkylation sites (tertiary alicyclic amines) is 1. The number of rotatable bonds is 7. The van der Waals surface area contributed by atoms with E-state index in [0.717, 1.165) is 21.6 Å². The van der Waals surface area contributed by atoms with Gasteiger partial charge in [0.25, 0.3) is 16.0 Å². The SMILES string of the molecule is O=C(O)C(CSSc1ccccn1)N1C(=O)CC(S(=O)(=O)O)C1=O. The maximum absolute atomic E-state index is 12.0. The van der Waals surface area contributed by atoms with Crippen LogP contribution in [0.1, 0.15) is 6.42 Å². The van der Waals surface area contributed by atoms with Crippen LogP contribution < -0.4 is 0 Å². The van der Waals surface area contributed by atoms with Crippen molar-refractivity contribution in [1.29, 1.82) is 0 Å². The molecule has 0 radical (unpaired) electrons. The molecule has 0 aromatic carbocycles. The van der Waals surface area contributed by atoms with Crippen LogP contribution in [0.3, 0.4) is 0 Å². The number of carbonyl (C=O) groups excluding carboxylic acids is 2.